The van der Waals surface area contributed by atoms with Crippen molar-refractivity contribution in [2.75, 3.05) is 25.0 Å². The molecule has 3 N–H and O–H groups in total. The number of aromatic amines is 1. The van der Waals surface area contributed by atoms with Crippen LogP contribution in [0.2, 0.25) is 5.02 Å². The van der Waals surface area contributed by atoms with Crippen LogP contribution in [0, 0.1) is 0 Å². The maximum absolute atomic E-state index is 12.9. The first-order valence-electron chi connectivity index (χ1n) is 12.3. The van der Waals surface area contributed by atoms with Gasteiger partial charge < -0.3 is 30.0 Å². The molecule has 2 aliphatic rings. The van der Waals surface area contributed by atoms with Gasteiger partial charge in [-0.2, -0.15) is 0 Å². The number of H-pyrrole nitrogens is 1. The number of hydrogen-bond donors (Lipinski definition) is 3. The van der Waals surface area contributed by atoms with E-state index in [2.05, 4.69) is 20.6 Å². The summed E-state index contributed by atoms with van der Waals surface area (Å²) in [5, 5.41) is 6.79. The normalized spacial score (nSPS) is 16.9. The number of nitrogens with one attached hydrogen (secondary N) is 3. The molecular weight excluding hydrogens is 494 g/mol. The molecule has 0 bridgehead atoms. The van der Waals surface area contributed by atoms with E-state index in [0.717, 1.165) is 12.1 Å². The fourth-order valence-electron chi connectivity index (χ4n) is 4.43. The molecule has 0 spiro atoms. The molecule has 1 aromatic carbocycles. The van der Waals surface area contributed by atoms with Crippen molar-refractivity contribution in [3.05, 3.63) is 58.9 Å². The van der Waals surface area contributed by atoms with E-state index < -0.39 is 5.60 Å². The fourth-order valence-corrected chi connectivity index (χ4v) is 4.62. The molecule has 1 unspecified atom stereocenters. The first kappa shape index (κ1) is 25.0. The number of pyridine rings is 1. The number of halogens is 1. The zero-order valence-electron chi connectivity index (χ0n) is 21.1. The maximum Gasteiger partial charge on any atom is 0.410 e. The van der Waals surface area contributed by atoms with Crippen molar-refractivity contribution in [1.29, 1.82) is 0 Å². The van der Waals surface area contributed by atoms with Gasteiger partial charge in [0, 0.05) is 31.4 Å². The molecule has 2 aliphatic heterocycles. The molecule has 5 rings (SSSR count). The van der Waals surface area contributed by atoms with Gasteiger partial charge in [0.2, 0.25) is 0 Å². The van der Waals surface area contributed by atoms with Crippen LogP contribution < -0.4 is 15.4 Å². The van der Waals surface area contributed by atoms with Gasteiger partial charge in [-0.15, -0.1) is 0 Å². The second kappa shape index (κ2) is 9.97. The Balaban J connectivity index is 1.43. The van der Waals surface area contributed by atoms with Crippen LogP contribution in [0.5, 0.6) is 5.75 Å². The molecule has 2 amide bonds. The molecule has 10 heteroatoms. The summed E-state index contributed by atoms with van der Waals surface area (Å²) in [5.41, 5.74) is 3.25. The Kier molecular flexibility index (Phi) is 6.72. The van der Waals surface area contributed by atoms with E-state index in [-0.39, 0.29) is 18.0 Å². The SMILES string of the molecule is CC(C)(C)OC(=O)N1CCC1COc1cccnc1-c1[nH]c2c(c1Nc1ccccc1Cl)C(=O)NCC2. The van der Waals surface area contributed by atoms with Gasteiger partial charge in [0.25, 0.3) is 5.91 Å². The quantitative estimate of drug-likeness (QED) is 0.412. The summed E-state index contributed by atoms with van der Waals surface area (Å²) < 4.78 is 11.7. The molecule has 3 aromatic rings. The van der Waals surface area contributed by atoms with Gasteiger partial charge in [-0.25, -0.2) is 4.79 Å². The van der Waals surface area contributed by atoms with Crippen LogP contribution in [0.1, 0.15) is 43.2 Å². The summed E-state index contributed by atoms with van der Waals surface area (Å²) in [6, 6.07) is 10.9. The predicted molar refractivity (Wildman–Crippen MR) is 142 cm³/mol. The highest BCUT2D eigenvalue weighted by molar-refractivity contribution is 6.33. The van der Waals surface area contributed by atoms with Gasteiger partial charge >= 0.3 is 6.09 Å². The number of aromatic nitrogens is 2. The molecule has 0 radical (unpaired) electrons. The number of nitrogens with zero attached hydrogens (tertiary/aromatic N) is 2. The molecular formula is C27H30ClN5O4. The minimum atomic E-state index is -0.557. The van der Waals surface area contributed by atoms with E-state index in [1.54, 1.807) is 23.2 Å². The van der Waals surface area contributed by atoms with Crippen molar-refractivity contribution >= 4 is 35.0 Å². The van der Waals surface area contributed by atoms with Crippen molar-refractivity contribution in [1.82, 2.24) is 20.2 Å². The molecule has 9 nitrogen and oxygen atoms in total. The minimum Gasteiger partial charge on any atom is -0.489 e. The lowest BCUT2D eigenvalue weighted by atomic mass is 10.1. The second-order valence-corrected chi connectivity index (χ2v) is 10.5. The van der Waals surface area contributed by atoms with Crippen LogP contribution in [0.15, 0.2) is 42.6 Å². The summed E-state index contributed by atoms with van der Waals surface area (Å²) in [5.74, 6) is 0.374. The largest absolute Gasteiger partial charge is 0.489 e. The number of carbonyl (C=O) groups excluding carboxylic acids is 2. The molecule has 1 atom stereocenters. The molecule has 2 aromatic heterocycles. The summed E-state index contributed by atoms with van der Waals surface area (Å²) in [7, 11) is 0. The van der Waals surface area contributed by atoms with E-state index in [1.165, 1.54) is 0 Å². The fraction of sp³-hybridized carbons (Fsp3) is 0.370. The first-order valence-corrected chi connectivity index (χ1v) is 12.7. The lowest BCUT2D eigenvalue weighted by molar-refractivity contribution is -0.0141. The molecule has 37 heavy (non-hydrogen) atoms. The van der Waals surface area contributed by atoms with Crippen molar-refractivity contribution in [3.8, 4) is 17.1 Å². The van der Waals surface area contributed by atoms with Crippen LogP contribution in [-0.4, -0.2) is 58.2 Å². The van der Waals surface area contributed by atoms with Crippen LogP contribution in [-0.2, 0) is 11.2 Å². The Hall–Kier alpha value is -3.72. The number of hydrogen-bond acceptors (Lipinski definition) is 6. The first-order chi connectivity index (χ1) is 17.7. The third-order valence-corrected chi connectivity index (χ3v) is 6.64. The number of carbonyl (C=O) groups is 2. The predicted octanol–water partition coefficient (Wildman–Crippen LogP) is 5.15. The van der Waals surface area contributed by atoms with Gasteiger partial charge in [-0.05, 0) is 51.5 Å². The minimum absolute atomic E-state index is 0.0914. The van der Waals surface area contributed by atoms with Crippen molar-refractivity contribution < 1.29 is 19.1 Å². The molecule has 0 saturated carbocycles. The highest BCUT2D eigenvalue weighted by atomic mass is 35.5. The number of likely N-dealkylation sites (tertiary alicyclic amines) is 1. The van der Waals surface area contributed by atoms with Gasteiger partial charge in [-0.1, -0.05) is 23.7 Å². The van der Waals surface area contributed by atoms with Crippen LogP contribution in [0.4, 0.5) is 16.2 Å². The standard InChI is InChI=1S/C27H30ClN5O4/c1-27(2,3)37-26(35)33-14-11-16(33)15-36-20-9-6-12-29-22(20)24-23(31-18-8-5-4-7-17(18)28)21-19(32-24)10-13-30-25(21)34/h4-9,12,16,31-32H,10-11,13-15H2,1-3H3,(H,30,34). The number of para-hydroxylation sites is 1. The monoisotopic (exact) mass is 523 g/mol. The Bertz CT molecular complexity index is 1330. The van der Waals surface area contributed by atoms with Gasteiger partial charge in [0.15, 0.2) is 0 Å². The number of rotatable bonds is 6. The Labute approximate surface area is 220 Å². The molecule has 1 fully saturated rings. The average molecular weight is 524 g/mol. The Morgan fingerprint density at radius 1 is 1.24 bits per heavy atom. The van der Waals surface area contributed by atoms with Gasteiger partial charge in [0.05, 0.1) is 33.7 Å². The maximum atomic E-state index is 12.9. The van der Waals surface area contributed by atoms with Gasteiger partial charge in [-0.3, -0.25) is 9.78 Å². The lowest BCUT2D eigenvalue weighted by Gasteiger charge is -2.41. The number of fused-ring (bicyclic) bond motifs is 1. The number of benzene rings is 1. The Morgan fingerprint density at radius 3 is 2.78 bits per heavy atom. The van der Waals surface area contributed by atoms with Crippen LogP contribution >= 0.6 is 11.6 Å². The third-order valence-electron chi connectivity index (χ3n) is 6.31. The third kappa shape index (κ3) is 5.22. The van der Waals surface area contributed by atoms with Gasteiger partial charge in [0.1, 0.15) is 23.7 Å². The van der Waals surface area contributed by atoms with Crippen molar-refractivity contribution in [2.24, 2.45) is 0 Å². The molecule has 1 saturated heterocycles. The smallest absolute Gasteiger partial charge is 0.410 e. The van der Waals surface area contributed by atoms with E-state index in [0.29, 0.717) is 65.2 Å². The lowest BCUT2D eigenvalue weighted by Crippen LogP contribution is -2.55. The van der Waals surface area contributed by atoms with Crippen LogP contribution in [0.3, 0.4) is 0 Å². The van der Waals surface area contributed by atoms with Crippen molar-refractivity contribution in [3.63, 3.8) is 0 Å². The van der Waals surface area contributed by atoms with E-state index >= 15 is 0 Å². The topological polar surface area (TPSA) is 109 Å². The van der Waals surface area contributed by atoms with Crippen LogP contribution in [0.25, 0.3) is 11.4 Å². The van der Waals surface area contributed by atoms with E-state index in [1.807, 2.05) is 45.0 Å². The highest BCUT2D eigenvalue weighted by Gasteiger charge is 2.36. The number of amides is 2. The number of ether oxygens (including phenoxy) is 2. The summed E-state index contributed by atoms with van der Waals surface area (Å²) in [4.78, 5) is 35.1. The van der Waals surface area contributed by atoms with E-state index in [9.17, 15) is 9.59 Å². The zero-order chi connectivity index (χ0) is 26.2. The van der Waals surface area contributed by atoms with Crippen molar-refractivity contribution in [2.45, 2.75) is 45.3 Å². The molecule has 194 valence electrons. The average Bonchev–Trinajstić information content (AvgIpc) is 3.18. The summed E-state index contributed by atoms with van der Waals surface area (Å²) in [6.45, 7) is 7.03. The molecule has 4 heterocycles. The second-order valence-electron chi connectivity index (χ2n) is 10.1. The van der Waals surface area contributed by atoms with E-state index in [4.69, 9.17) is 21.1 Å². The molecule has 0 aliphatic carbocycles. The highest BCUT2D eigenvalue weighted by Crippen LogP contribution is 2.40. The Morgan fingerprint density at radius 2 is 2.05 bits per heavy atom. The summed E-state index contributed by atoms with van der Waals surface area (Å²) >= 11 is 6.42. The zero-order valence-corrected chi connectivity index (χ0v) is 21.8. The summed E-state index contributed by atoms with van der Waals surface area (Å²) in [6.07, 6.45) is 2.82. The number of anilines is 2.